The predicted molar refractivity (Wildman–Crippen MR) is 64.5 cm³/mol. The molecular formula is C12H16N2O4. The van der Waals surface area contributed by atoms with Crippen LogP contribution < -0.4 is 10.1 Å². The van der Waals surface area contributed by atoms with Crippen LogP contribution in [0.5, 0.6) is 5.88 Å². The molecule has 0 aromatic carbocycles. The smallest absolute Gasteiger partial charge is 0.308 e. The number of nitrogens with one attached hydrogen (secondary N) is 1. The summed E-state index contributed by atoms with van der Waals surface area (Å²) in [6, 6.07) is 3.15. The first-order valence-corrected chi connectivity index (χ1v) is 5.59. The molecular weight excluding hydrogens is 236 g/mol. The van der Waals surface area contributed by atoms with Crippen LogP contribution in [-0.4, -0.2) is 35.6 Å². The summed E-state index contributed by atoms with van der Waals surface area (Å²) in [6.07, 6.45) is 1.85. The number of rotatable bonds is 6. The van der Waals surface area contributed by atoms with Gasteiger partial charge in [0.15, 0.2) is 0 Å². The van der Waals surface area contributed by atoms with Crippen molar-refractivity contribution in [2.45, 2.75) is 13.3 Å². The van der Waals surface area contributed by atoms with Crippen molar-refractivity contribution in [3.63, 3.8) is 0 Å². The van der Waals surface area contributed by atoms with Gasteiger partial charge in [0.05, 0.1) is 18.6 Å². The van der Waals surface area contributed by atoms with Gasteiger partial charge in [-0.2, -0.15) is 0 Å². The standard InChI is InChI=1S/C12H16N2O4/c1-3-8(12(16)17)6-14-11(15)9-4-5-10(18-2)13-7-9/h4-5,7-8H,3,6H2,1-2H3,(H,14,15)(H,16,17). The highest BCUT2D eigenvalue weighted by atomic mass is 16.5. The number of aliphatic carboxylic acids is 1. The maximum Gasteiger partial charge on any atom is 0.308 e. The zero-order chi connectivity index (χ0) is 13.5. The molecule has 1 amide bonds. The fourth-order valence-corrected chi connectivity index (χ4v) is 1.36. The lowest BCUT2D eigenvalue weighted by atomic mass is 10.1. The molecule has 0 aliphatic rings. The van der Waals surface area contributed by atoms with Crippen molar-refractivity contribution < 1.29 is 19.4 Å². The zero-order valence-corrected chi connectivity index (χ0v) is 10.3. The number of methoxy groups -OCH3 is 1. The minimum Gasteiger partial charge on any atom is -0.481 e. The number of pyridine rings is 1. The van der Waals surface area contributed by atoms with E-state index in [4.69, 9.17) is 9.84 Å². The van der Waals surface area contributed by atoms with Gasteiger partial charge >= 0.3 is 5.97 Å². The van der Waals surface area contributed by atoms with Gasteiger partial charge in [0.1, 0.15) is 0 Å². The number of aromatic nitrogens is 1. The van der Waals surface area contributed by atoms with Crippen LogP contribution in [0.3, 0.4) is 0 Å². The van der Waals surface area contributed by atoms with Gasteiger partial charge in [0.25, 0.3) is 5.91 Å². The van der Waals surface area contributed by atoms with Crippen molar-refractivity contribution in [3.8, 4) is 5.88 Å². The highest BCUT2D eigenvalue weighted by molar-refractivity contribution is 5.94. The number of amides is 1. The Hall–Kier alpha value is -2.11. The summed E-state index contributed by atoms with van der Waals surface area (Å²) in [5.41, 5.74) is 0.371. The third-order valence-corrected chi connectivity index (χ3v) is 2.56. The Morgan fingerprint density at radius 1 is 1.50 bits per heavy atom. The molecule has 0 saturated heterocycles. The van der Waals surface area contributed by atoms with Crippen molar-refractivity contribution in [1.29, 1.82) is 0 Å². The third kappa shape index (κ3) is 3.73. The Labute approximate surface area is 105 Å². The predicted octanol–water partition coefficient (Wildman–Crippen LogP) is 0.931. The molecule has 0 bridgehead atoms. The molecule has 1 aromatic rings. The number of nitrogens with zero attached hydrogens (tertiary/aromatic N) is 1. The first-order chi connectivity index (χ1) is 8.58. The molecule has 1 heterocycles. The van der Waals surface area contributed by atoms with Gasteiger partial charge in [0, 0.05) is 18.8 Å². The summed E-state index contributed by atoms with van der Waals surface area (Å²) in [5, 5.41) is 11.4. The van der Waals surface area contributed by atoms with E-state index in [0.29, 0.717) is 17.9 Å². The fraction of sp³-hybridized carbons (Fsp3) is 0.417. The molecule has 1 unspecified atom stereocenters. The number of carboxylic acids is 1. The average Bonchev–Trinajstić information content (AvgIpc) is 2.39. The molecule has 1 rings (SSSR count). The minimum atomic E-state index is -0.911. The van der Waals surface area contributed by atoms with E-state index in [1.54, 1.807) is 19.1 Å². The number of carbonyl (C=O) groups excluding carboxylic acids is 1. The summed E-state index contributed by atoms with van der Waals surface area (Å²) in [7, 11) is 1.49. The largest absolute Gasteiger partial charge is 0.481 e. The van der Waals surface area contributed by atoms with E-state index >= 15 is 0 Å². The van der Waals surface area contributed by atoms with E-state index in [9.17, 15) is 9.59 Å². The minimum absolute atomic E-state index is 0.108. The lowest BCUT2D eigenvalue weighted by Gasteiger charge is -2.11. The third-order valence-electron chi connectivity index (χ3n) is 2.56. The lowest BCUT2D eigenvalue weighted by Crippen LogP contribution is -2.32. The summed E-state index contributed by atoms with van der Waals surface area (Å²) in [4.78, 5) is 26.4. The Balaban J connectivity index is 2.56. The topological polar surface area (TPSA) is 88.5 Å². The van der Waals surface area contributed by atoms with E-state index in [1.165, 1.54) is 13.3 Å². The second-order valence-corrected chi connectivity index (χ2v) is 3.74. The maximum absolute atomic E-state index is 11.7. The first kappa shape index (κ1) is 14.0. The molecule has 0 saturated carbocycles. The van der Waals surface area contributed by atoms with Crippen LogP contribution in [0.25, 0.3) is 0 Å². The van der Waals surface area contributed by atoms with Gasteiger partial charge in [-0.15, -0.1) is 0 Å². The normalized spacial score (nSPS) is 11.7. The molecule has 2 N–H and O–H groups in total. The van der Waals surface area contributed by atoms with Crippen LogP contribution >= 0.6 is 0 Å². The molecule has 0 fully saturated rings. The number of carboxylic acid groups (broad SMARTS) is 1. The number of hydrogen-bond donors (Lipinski definition) is 2. The second kappa shape index (κ2) is 6.58. The zero-order valence-electron chi connectivity index (χ0n) is 10.3. The highest BCUT2D eigenvalue weighted by Gasteiger charge is 2.16. The van der Waals surface area contributed by atoms with Crippen LogP contribution in [0.4, 0.5) is 0 Å². The van der Waals surface area contributed by atoms with Crippen LogP contribution in [0, 0.1) is 5.92 Å². The molecule has 1 aromatic heterocycles. The quantitative estimate of drug-likeness (QED) is 0.786. The van der Waals surface area contributed by atoms with Gasteiger partial charge in [-0.1, -0.05) is 6.92 Å². The summed E-state index contributed by atoms with van der Waals surface area (Å²) in [5.74, 6) is -1.40. The van der Waals surface area contributed by atoms with Crippen LogP contribution in [0.2, 0.25) is 0 Å². The van der Waals surface area contributed by atoms with Crippen LogP contribution in [0.15, 0.2) is 18.3 Å². The van der Waals surface area contributed by atoms with Gasteiger partial charge in [-0.25, -0.2) is 4.98 Å². The number of hydrogen-bond acceptors (Lipinski definition) is 4. The van der Waals surface area contributed by atoms with Crippen LogP contribution in [-0.2, 0) is 4.79 Å². The van der Waals surface area contributed by atoms with E-state index in [1.807, 2.05) is 0 Å². The monoisotopic (exact) mass is 252 g/mol. The number of ether oxygens (including phenoxy) is 1. The Bertz CT molecular complexity index is 417. The van der Waals surface area contributed by atoms with E-state index in [0.717, 1.165) is 0 Å². The average molecular weight is 252 g/mol. The first-order valence-electron chi connectivity index (χ1n) is 5.59. The van der Waals surface area contributed by atoms with Gasteiger partial charge in [0.2, 0.25) is 5.88 Å². The van der Waals surface area contributed by atoms with E-state index < -0.39 is 11.9 Å². The molecule has 6 nitrogen and oxygen atoms in total. The van der Waals surface area contributed by atoms with Crippen LogP contribution in [0.1, 0.15) is 23.7 Å². The van der Waals surface area contributed by atoms with Gasteiger partial charge < -0.3 is 15.2 Å². The van der Waals surface area contributed by atoms with E-state index in [2.05, 4.69) is 10.3 Å². The molecule has 0 aliphatic heterocycles. The summed E-state index contributed by atoms with van der Waals surface area (Å²) < 4.78 is 4.88. The van der Waals surface area contributed by atoms with Crippen molar-refractivity contribution >= 4 is 11.9 Å². The van der Waals surface area contributed by atoms with Gasteiger partial charge in [-0.05, 0) is 12.5 Å². The molecule has 18 heavy (non-hydrogen) atoms. The summed E-state index contributed by atoms with van der Waals surface area (Å²) >= 11 is 0. The van der Waals surface area contributed by atoms with Crippen molar-refractivity contribution in [2.75, 3.05) is 13.7 Å². The fourth-order valence-electron chi connectivity index (χ4n) is 1.36. The number of carbonyl (C=O) groups is 2. The molecule has 98 valence electrons. The van der Waals surface area contributed by atoms with Gasteiger partial charge in [-0.3, -0.25) is 9.59 Å². The van der Waals surface area contributed by atoms with E-state index in [-0.39, 0.29) is 12.5 Å². The molecule has 0 spiro atoms. The van der Waals surface area contributed by atoms with Crippen molar-refractivity contribution in [3.05, 3.63) is 23.9 Å². The molecule has 1 atom stereocenters. The molecule has 6 heteroatoms. The Morgan fingerprint density at radius 3 is 2.67 bits per heavy atom. The Kier molecular flexibility index (Phi) is 5.10. The second-order valence-electron chi connectivity index (χ2n) is 3.74. The molecule has 0 aliphatic carbocycles. The molecule has 0 radical (unpaired) electrons. The SMILES string of the molecule is CCC(CNC(=O)c1ccc(OC)nc1)C(=O)O. The van der Waals surface area contributed by atoms with Crippen molar-refractivity contribution in [2.24, 2.45) is 5.92 Å². The van der Waals surface area contributed by atoms with Crippen molar-refractivity contribution in [1.82, 2.24) is 10.3 Å². The highest BCUT2D eigenvalue weighted by Crippen LogP contribution is 2.07. The maximum atomic E-state index is 11.7. The Morgan fingerprint density at radius 2 is 2.22 bits per heavy atom. The summed E-state index contributed by atoms with van der Waals surface area (Å²) in [6.45, 7) is 1.87. The lowest BCUT2D eigenvalue weighted by molar-refractivity contribution is -0.141.